The van der Waals surface area contributed by atoms with Crippen LogP contribution in [0.5, 0.6) is 0 Å². The molecule has 4 heteroatoms. The average molecular weight is 231 g/mol. The quantitative estimate of drug-likeness (QED) is 0.642. The van der Waals surface area contributed by atoms with E-state index in [1.54, 1.807) is 18.5 Å². The lowest BCUT2D eigenvalue weighted by molar-refractivity contribution is 0.422. The third kappa shape index (κ3) is 1.37. The lowest BCUT2D eigenvalue weighted by atomic mass is 10.1. The zero-order chi connectivity index (χ0) is 11.0. The average Bonchev–Trinajstić information content (AvgIpc) is 2.83. The molecule has 0 amide bonds. The second-order valence-electron chi connectivity index (χ2n) is 3.38. The first-order chi connectivity index (χ1) is 7.86. The van der Waals surface area contributed by atoms with Crippen molar-refractivity contribution in [2.24, 2.45) is 0 Å². The molecule has 78 valence electrons. The van der Waals surface area contributed by atoms with Gasteiger partial charge in [0.05, 0.1) is 10.5 Å². The van der Waals surface area contributed by atoms with Crippen molar-refractivity contribution in [2.75, 3.05) is 0 Å². The highest BCUT2D eigenvalue weighted by Crippen LogP contribution is 2.30. The molecule has 0 aliphatic rings. The molecule has 3 nitrogen and oxygen atoms in total. The first-order valence-electron chi connectivity index (χ1n) is 4.80. The Balaban J connectivity index is 2.39. The minimum Gasteiger partial charge on any atom is -0.364 e. The topological polar surface area (TPSA) is 38.9 Å². The van der Waals surface area contributed by atoms with Crippen molar-refractivity contribution < 1.29 is 4.52 Å². The second-order valence-corrected chi connectivity index (χ2v) is 3.79. The van der Waals surface area contributed by atoms with Crippen molar-refractivity contribution in [1.82, 2.24) is 10.1 Å². The molecule has 0 atom stereocenters. The van der Waals surface area contributed by atoms with Gasteiger partial charge in [0.15, 0.2) is 0 Å². The number of rotatable bonds is 1. The van der Waals surface area contributed by atoms with E-state index in [0.717, 1.165) is 22.2 Å². The molecule has 0 saturated heterocycles. The van der Waals surface area contributed by atoms with Gasteiger partial charge in [0.2, 0.25) is 0 Å². The molecule has 0 radical (unpaired) electrons. The van der Waals surface area contributed by atoms with Gasteiger partial charge in [-0.3, -0.25) is 4.98 Å². The number of fused-ring (bicyclic) bond motifs is 1. The number of hydrogen-bond donors (Lipinski definition) is 0. The highest BCUT2D eigenvalue weighted by atomic mass is 35.5. The monoisotopic (exact) mass is 230 g/mol. The summed E-state index contributed by atoms with van der Waals surface area (Å²) in [4.78, 5) is 4.33. The van der Waals surface area contributed by atoms with E-state index in [-0.39, 0.29) is 0 Å². The molecule has 3 rings (SSSR count). The fourth-order valence-electron chi connectivity index (χ4n) is 1.70. The van der Waals surface area contributed by atoms with Crippen molar-refractivity contribution in [1.29, 1.82) is 0 Å². The number of aromatic nitrogens is 2. The molecule has 0 bridgehead atoms. The van der Waals surface area contributed by atoms with Gasteiger partial charge in [0.1, 0.15) is 12.0 Å². The molecular formula is C12H7ClN2O. The van der Waals surface area contributed by atoms with Crippen LogP contribution < -0.4 is 0 Å². The fourth-order valence-corrected chi connectivity index (χ4v) is 1.91. The van der Waals surface area contributed by atoms with Crippen LogP contribution in [0.1, 0.15) is 0 Å². The number of nitrogens with zero attached hydrogens (tertiary/aromatic N) is 2. The Labute approximate surface area is 96.7 Å². The largest absolute Gasteiger partial charge is 0.364 e. The number of hydrogen-bond acceptors (Lipinski definition) is 3. The van der Waals surface area contributed by atoms with E-state index in [1.165, 1.54) is 0 Å². The van der Waals surface area contributed by atoms with Crippen LogP contribution in [0.4, 0.5) is 0 Å². The van der Waals surface area contributed by atoms with Gasteiger partial charge in [0, 0.05) is 23.2 Å². The van der Waals surface area contributed by atoms with Crippen molar-refractivity contribution in [3.05, 3.63) is 47.8 Å². The molecule has 0 unspecified atom stereocenters. The number of pyridine rings is 1. The summed E-state index contributed by atoms with van der Waals surface area (Å²) in [6.07, 6.45) is 3.28. The smallest absolute Gasteiger partial charge is 0.124 e. The van der Waals surface area contributed by atoms with E-state index >= 15 is 0 Å². The van der Waals surface area contributed by atoms with Crippen LogP contribution in [0, 0.1) is 0 Å². The molecule has 0 fully saturated rings. The molecule has 2 heterocycles. The Morgan fingerprint density at radius 2 is 2.06 bits per heavy atom. The molecular weight excluding hydrogens is 224 g/mol. The first-order valence-corrected chi connectivity index (χ1v) is 5.18. The van der Waals surface area contributed by atoms with Crippen LogP contribution in [-0.4, -0.2) is 10.1 Å². The molecule has 0 spiro atoms. The van der Waals surface area contributed by atoms with E-state index in [2.05, 4.69) is 10.1 Å². The van der Waals surface area contributed by atoms with Crippen LogP contribution in [0.15, 0.2) is 47.3 Å². The van der Waals surface area contributed by atoms with Crippen LogP contribution in [0.3, 0.4) is 0 Å². The Kier molecular flexibility index (Phi) is 2.11. The highest BCUT2D eigenvalue weighted by Gasteiger charge is 2.09. The van der Waals surface area contributed by atoms with Crippen molar-refractivity contribution in [3.8, 4) is 11.3 Å². The SMILES string of the molecule is Clc1ccc(-c2ccon2)c2ncccc12. The van der Waals surface area contributed by atoms with E-state index in [0.29, 0.717) is 5.02 Å². The van der Waals surface area contributed by atoms with Gasteiger partial charge < -0.3 is 4.52 Å². The van der Waals surface area contributed by atoms with Gasteiger partial charge >= 0.3 is 0 Å². The number of halogens is 1. The Hall–Kier alpha value is -1.87. The summed E-state index contributed by atoms with van der Waals surface area (Å²) in [7, 11) is 0. The van der Waals surface area contributed by atoms with Gasteiger partial charge in [0.25, 0.3) is 0 Å². The summed E-state index contributed by atoms with van der Waals surface area (Å²) >= 11 is 6.11. The summed E-state index contributed by atoms with van der Waals surface area (Å²) in [5, 5.41) is 5.52. The highest BCUT2D eigenvalue weighted by molar-refractivity contribution is 6.35. The van der Waals surface area contributed by atoms with Gasteiger partial charge in [-0.2, -0.15) is 0 Å². The summed E-state index contributed by atoms with van der Waals surface area (Å²) in [6, 6.07) is 9.34. The lowest BCUT2D eigenvalue weighted by Crippen LogP contribution is -1.85. The van der Waals surface area contributed by atoms with Gasteiger partial charge in [-0.1, -0.05) is 16.8 Å². The standard InChI is InChI=1S/C12H7ClN2O/c13-10-4-3-9(11-5-7-16-15-11)12-8(10)2-1-6-14-12/h1-7H. The molecule has 1 aromatic carbocycles. The first kappa shape index (κ1) is 9.36. The van der Waals surface area contributed by atoms with E-state index in [4.69, 9.17) is 16.1 Å². The van der Waals surface area contributed by atoms with Crippen molar-refractivity contribution >= 4 is 22.5 Å². The fraction of sp³-hybridized carbons (Fsp3) is 0. The van der Waals surface area contributed by atoms with Gasteiger partial charge in [-0.15, -0.1) is 0 Å². The Morgan fingerprint density at radius 1 is 1.12 bits per heavy atom. The van der Waals surface area contributed by atoms with Crippen molar-refractivity contribution in [2.45, 2.75) is 0 Å². The van der Waals surface area contributed by atoms with Crippen LogP contribution in [0.25, 0.3) is 22.2 Å². The summed E-state index contributed by atoms with van der Waals surface area (Å²) < 4.78 is 4.84. The maximum Gasteiger partial charge on any atom is 0.124 e. The summed E-state index contributed by atoms with van der Waals surface area (Å²) in [5.41, 5.74) is 2.53. The predicted octanol–water partition coefficient (Wildman–Crippen LogP) is 3.54. The molecule has 16 heavy (non-hydrogen) atoms. The predicted molar refractivity (Wildman–Crippen MR) is 62.3 cm³/mol. The van der Waals surface area contributed by atoms with Crippen LogP contribution in [-0.2, 0) is 0 Å². The van der Waals surface area contributed by atoms with Crippen molar-refractivity contribution in [3.63, 3.8) is 0 Å². The van der Waals surface area contributed by atoms with Gasteiger partial charge in [-0.25, -0.2) is 0 Å². The van der Waals surface area contributed by atoms with Crippen LogP contribution in [0.2, 0.25) is 5.02 Å². The number of benzene rings is 1. The zero-order valence-electron chi connectivity index (χ0n) is 8.22. The minimum atomic E-state index is 0.690. The summed E-state index contributed by atoms with van der Waals surface area (Å²) in [5.74, 6) is 0. The van der Waals surface area contributed by atoms with E-state index < -0.39 is 0 Å². The molecule has 0 aliphatic heterocycles. The normalized spacial score (nSPS) is 10.8. The van der Waals surface area contributed by atoms with E-state index in [1.807, 2.05) is 24.3 Å². The lowest BCUT2D eigenvalue weighted by Gasteiger charge is -2.03. The molecule has 0 saturated carbocycles. The molecule has 2 aromatic heterocycles. The Bertz CT molecular complexity index is 635. The minimum absolute atomic E-state index is 0.690. The Morgan fingerprint density at radius 3 is 2.88 bits per heavy atom. The van der Waals surface area contributed by atoms with E-state index in [9.17, 15) is 0 Å². The summed E-state index contributed by atoms with van der Waals surface area (Å²) in [6.45, 7) is 0. The molecule has 3 aromatic rings. The third-order valence-electron chi connectivity index (χ3n) is 2.43. The maximum absolute atomic E-state index is 6.11. The molecule has 0 N–H and O–H groups in total. The van der Waals surface area contributed by atoms with Gasteiger partial charge in [-0.05, 0) is 24.3 Å². The maximum atomic E-state index is 6.11. The second kappa shape index (κ2) is 3.61. The zero-order valence-corrected chi connectivity index (χ0v) is 8.98. The molecule has 0 aliphatic carbocycles. The van der Waals surface area contributed by atoms with Crippen LogP contribution >= 0.6 is 11.6 Å². The third-order valence-corrected chi connectivity index (χ3v) is 2.76.